The van der Waals surface area contributed by atoms with Gasteiger partial charge in [0.05, 0.1) is 5.92 Å². The molecule has 1 N–H and O–H groups in total. The highest BCUT2D eigenvalue weighted by molar-refractivity contribution is 9.10. The van der Waals surface area contributed by atoms with Crippen molar-refractivity contribution in [2.75, 3.05) is 13.2 Å². The number of carbonyl (C=O) groups is 1. The number of fused-ring (bicyclic) bond motifs is 1. The topological polar surface area (TPSA) is 38.3 Å². The minimum absolute atomic E-state index is 0.0303. The van der Waals surface area contributed by atoms with Crippen LogP contribution in [-0.4, -0.2) is 19.1 Å². The molecule has 0 radical (unpaired) electrons. The van der Waals surface area contributed by atoms with Gasteiger partial charge in [0.15, 0.2) is 0 Å². The lowest BCUT2D eigenvalue weighted by Crippen LogP contribution is -2.38. The molecule has 0 fully saturated rings. The summed E-state index contributed by atoms with van der Waals surface area (Å²) in [4.78, 5) is 12.3. The van der Waals surface area contributed by atoms with E-state index in [1.165, 1.54) is 5.56 Å². The van der Waals surface area contributed by atoms with Crippen molar-refractivity contribution >= 4 is 33.4 Å². The zero-order valence-electron chi connectivity index (χ0n) is 12.5. The summed E-state index contributed by atoms with van der Waals surface area (Å²) in [5.74, 6) is 0.689. The normalized spacial score (nSPS) is 16.3. The molecule has 3 nitrogen and oxygen atoms in total. The predicted molar refractivity (Wildman–Crippen MR) is 95.0 cm³/mol. The molecule has 2 aromatic carbocycles. The molecule has 0 aromatic heterocycles. The molecule has 0 spiro atoms. The Morgan fingerprint density at radius 2 is 2.13 bits per heavy atom. The van der Waals surface area contributed by atoms with Gasteiger partial charge in [-0.05, 0) is 48.2 Å². The van der Waals surface area contributed by atoms with Gasteiger partial charge in [-0.25, -0.2) is 0 Å². The van der Waals surface area contributed by atoms with E-state index in [2.05, 4.69) is 27.3 Å². The molecule has 1 aliphatic rings. The molecular formula is C18H17BrClNO2. The number of benzene rings is 2. The van der Waals surface area contributed by atoms with Crippen LogP contribution in [0, 0.1) is 5.92 Å². The summed E-state index contributed by atoms with van der Waals surface area (Å²) >= 11 is 9.53. The molecule has 1 heterocycles. The van der Waals surface area contributed by atoms with E-state index in [9.17, 15) is 4.79 Å². The van der Waals surface area contributed by atoms with Crippen molar-refractivity contribution in [1.29, 1.82) is 0 Å². The Bertz CT molecular complexity index is 720. The average molecular weight is 395 g/mol. The van der Waals surface area contributed by atoms with Crippen molar-refractivity contribution in [2.24, 2.45) is 5.92 Å². The maximum atomic E-state index is 12.3. The third-order valence-electron chi connectivity index (χ3n) is 3.95. The lowest BCUT2D eigenvalue weighted by Gasteiger charge is -2.24. The fourth-order valence-corrected chi connectivity index (χ4v) is 3.38. The molecule has 0 aliphatic carbocycles. The van der Waals surface area contributed by atoms with Crippen LogP contribution in [-0.2, 0) is 17.6 Å². The van der Waals surface area contributed by atoms with Gasteiger partial charge in [-0.3, -0.25) is 4.79 Å². The van der Waals surface area contributed by atoms with Gasteiger partial charge in [0.25, 0.3) is 0 Å². The van der Waals surface area contributed by atoms with Crippen LogP contribution in [0.2, 0.25) is 5.02 Å². The summed E-state index contributed by atoms with van der Waals surface area (Å²) in [5, 5.41) is 3.67. The number of amides is 1. The third-order valence-corrected chi connectivity index (χ3v) is 4.96. The standard InChI is InChI=1S/C18H17BrClNO2/c19-16-4-2-1-3-12(16)7-8-21-18(22)14-9-13-10-15(20)5-6-17(13)23-11-14/h1-6,10,14H,7-9,11H2,(H,21,22). The van der Waals surface area contributed by atoms with E-state index in [-0.39, 0.29) is 11.8 Å². The maximum Gasteiger partial charge on any atom is 0.226 e. The SMILES string of the molecule is O=C(NCCc1ccccc1Br)C1COc2ccc(Cl)cc2C1. The van der Waals surface area contributed by atoms with Crippen LogP contribution >= 0.6 is 27.5 Å². The van der Waals surface area contributed by atoms with E-state index in [0.717, 1.165) is 22.2 Å². The molecule has 1 amide bonds. The Hall–Kier alpha value is -1.52. The zero-order valence-corrected chi connectivity index (χ0v) is 14.9. The smallest absolute Gasteiger partial charge is 0.226 e. The van der Waals surface area contributed by atoms with Crippen molar-refractivity contribution < 1.29 is 9.53 Å². The molecule has 1 atom stereocenters. The van der Waals surface area contributed by atoms with Crippen molar-refractivity contribution in [1.82, 2.24) is 5.32 Å². The van der Waals surface area contributed by atoms with E-state index < -0.39 is 0 Å². The van der Waals surface area contributed by atoms with Gasteiger partial charge in [0, 0.05) is 16.0 Å². The third kappa shape index (κ3) is 4.06. The van der Waals surface area contributed by atoms with Crippen LogP contribution in [0.25, 0.3) is 0 Å². The molecule has 0 saturated heterocycles. The first kappa shape index (κ1) is 16.3. The monoisotopic (exact) mass is 393 g/mol. The van der Waals surface area contributed by atoms with E-state index in [0.29, 0.717) is 24.6 Å². The number of ether oxygens (including phenoxy) is 1. The number of nitrogens with one attached hydrogen (secondary N) is 1. The fourth-order valence-electron chi connectivity index (χ4n) is 2.70. The van der Waals surface area contributed by atoms with Crippen molar-refractivity contribution in [3.63, 3.8) is 0 Å². The fraction of sp³-hybridized carbons (Fsp3) is 0.278. The van der Waals surface area contributed by atoms with E-state index >= 15 is 0 Å². The first-order valence-corrected chi connectivity index (χ1v) is 8.73. The highest BCUT2D eigenvalue weighted by Crippen LogP contribution is 2.29. The first-order valence-electron chi connectivity index (χ1n) is 7.56. The lowest BCUT2D eigenvalue weighted by atomic mass is 9.96. The number of hydrogen-bond acceptors (Lipinski definition) is 2. The van der Waals surface area contributed by atoms with Crippen LogP contribution < -0.4 is 10.1 Å². The van der Waals surface area contributed by atoms with Gasteiger partial charge in [-0.2, -0.15) is 0 Å². The summed E-state index contributed by atoms with van der Waals surface area (Å²) < 4.78 is 6.74. The quantitative estimate of drug-likeness (QED) is 0.851. The minimum Gasteiger partial charge on any atom is -0.492 e. The summed E-state index contributed by atoms with van der Waals surface area (Å²) in [5.41, 5.74) is 2.18. The Labute approximate surface area is 149 Å². The Kier molecular flexibility index (Phi) is 5.23. The van der Waals surface area contributed by atoms with Crippen molar-refractivity contribution in [3.8, 4) is 5.75 Å². The second-order valence-corrected chi connectivity index (χ2v) is 6.89. The molecule has 2 aromatic rings. The van der Waals surface area contributed by atoms with E-state index in [4.69, 9.17) is 16.3 Å². The number of rotatable bonds is 4. The molecule has 3 rings (SSSR count). The summed E-state index contributed by atoms with van der Waals surface area (Å²) in [6, 6.07) is 13.6. The average Bonchev–Trinajstić information content (AvgIpc) is 2.55. The summed E-state index contributed by atoms with van der Waals surface area (Å²) in [7, 11) is 0. The molecular weight excluding hydrogens is 378 g/mol. The van der Waals surface area contributed by atoms with Gasteiger partial charge in [0.2, 0.25) is 5.91 Å². The molecule has 1 aliphatic heterocycles. The number of hydrogen-bond donors (Lipinski definition) is 1. The van der Waals surface area contributed by atoms with Crippen molar-refractivity contribution in [3.05, 3.63) is 63.1 Å². The lowest BCUT2D eigenvalue weighted by molar-refractivity contribution is -0.126. The molecule has 0 bridgehead atoms. The minimum atomic E-state index is -0.166. The Morgan fingerprint density at radius 1 is 1.30 bits per heavy atom. The summed E-state index contributed by atoms with van der Waals surface area (Å²) in [6.45, 7) is 1.02. The van der Waals surface area contributed by atoms with Crippen LogP contribution in [0.4, 0.5) is 0 Å². The first-order chi connectivity index (χ1) is 11.1. The van der Waals surface area contributed by atoms with E-state index in [1.807, 2.05) is 30.3 Å². The number of carbonyl (C=O) groups excluding carboxylic acids is 1. The van der Waals surface area contributed by atoms with Gasteiger partial charge < -0.3 is 10.1 Å². The van der Waals surface area contributed by atoms with E-state index in [1.54, 1.807) is 6.07 Å². The molecule has 23 heavy (non-hydrogen) atoms. The second-order valence-electron chi connectivity index (χ2n) is 5.60. The van der Waals surface area contributed by atoms with Gasteiger partial charge in [-0.1, -0.05) is 45.7 Å². The molecule has 120 valence electrons. The molecule has 0 saturated carbocycles. The Morgan fingerprint density at radius 3 is 2.96 bits per heavy atom. The van der Waals surface area contributed by atoms with Crippen LogP contribution in [0.5, 0.6) is 5.75 Å². The highest BCUT2D eigenvalue weighted by atomic mass is 79.9. The van der Waals surface area contributed by atoms with Gasteiger partial charge >= 0.3 is 0 Å². The largest absolute Gasteiger partial charge is 0.492 e. The van der Waals surface area contributed by atoms with Gasteiger partial charge in [-0.15, -0.1) is 0 Å². The maximum absolute atomic E-state index is 12.3. The molecule has 1 unspecified atom stereocenters. The van der Waals surface area contributed by atoms with Gasteiger partial charge in [0.1, 0.15) is 12.4 Å². The van der Waals surface area contributed by atoms with Crippen LogP contribution in [0.1, 0.15) is 11.1 Å². The summed E-state index contributed by atoms with van der Waals surface area (Å²) in [6.07, 6.45) is 1.46. The van der Waals surface area contributed by atoms with Crippen LogP contribution in [0.15, 0.2) is 46.9 Å². The van der Waals surface area contributed by atoms with Crippen molar-refractivity contribution in [2.45, 2.75) is 12.8 Å². The molecule has 5 heteroatoms. The Balaban J connectivity index is 1.54. The second kappa shape index (κ2) is 7.37. The highest BCUT2D eigenvalue weighted by Gasteiger charge is 2.25. The predicted octanol–water partition coefficient (Wildman–Crippen LogP) is 4.01. The number of halogens is 2. The van der Waals surface area contributed by atoms with Crippen LogP contribution in [0.3, 0.4) is 0 Å². The zero-order chi connectivity index (χ0) is 16.2.